The molecule has 0 aliphatic heterocycles. The molecule has 39 heavy (non-hydrogen) atoms. The van der Waals surface area contributed by atoms with Gasteiger partial charge in [0.2, 0.25) is 6.40 Å². The first-order valence-electron chi connectivity index (χ1n) is 11.4. The zero-order chi connectivity index (χ0) is 27.8. The number of anilines is 1. The molecular weight excluding hydrogens is 517 g/mol. The molecule has 0 aromatic heterocycles. The van der Waals surface area contributed by atoms with Crippen molar-refractivity contribution < 1.29 is 37.5 Å². The highest BCUT2D eigenvalue weighted by atomic mass is 19.4. The molecule has 0 fully saturated rings. The van der Waals surface area contributed by atoms with E-state index in [9.17, 15) is 23.1 Å². The quantitative estimate of drug-likeness (QED) is 0.0708. The lowest BCUT2D eigenvalue weighted by molar-refractivity contribution is -0.274. The van der Waals surface area contributed by atoms with Gasteiger partial charge in [0, 0.05) is 17.0 Å². The molecule has 0 aliphatic carbocycles. The molecule has 0 aliphatic rings. The molecule has 0 radical (unpaired) electrons. The number of benzene rings is 4. The highest BCUT2D eigenvalue weighted by Crippen LogP contribution is 2.36. The highest BCUT2D eigenvalue weighted by Gasteiger charge is 2.31. The molecule has 0 unspecified atom stereocenters. The monoisotopic (exact) mass is 538 g/mol. The van der Waals surface area contributed by atoms with Crippen molar-refractivity contribution >= 4 is 40.0 Å². The fraction of sp³-hybridized carbons (Fsp3) is 0.111. The van der Waals surface area contributed by atoms with Gasteiger partial charge in [0.25, 0.3) is 0 Å². The second-order valence-electron chi connectivity index (χ2n) is 8.07. The van der Waals surface area contributed by atoms with Crippen LogP contribution >= 0.6 is 0 Å². The van der Waals surface area contributed by atoms with Crippen molar-refractivity contribution in [3.63, 3.8) is 0 Å². The van der Waals surface area contributed by atoms with Gasteiger partial charge in [0.15, 0.2) is 5.78 Å². The third kappa shape index (κ3) is 7.68. The van der Waals surface area contributed by atoms with Crippen molar-refractivity contribution in [2.24, 2.45) is 15.4 Å². The summed E-state index contributed by atoms with van der Waals surface area (Å²) >= 11 is 0. The van der Waals surface area contributed by atoms with Gasteiger partial charge in [-0.2, -0.15) is 5.11 Å². The number of hydrogen-bond donors (Lipinski definition) is 2. The third-order valence-electron chi connectivity index (χ3n) is 5.22. The van der Waals surface area contributed by atoms with Gasteiger partial charge < -0.3 is 19.5 Å². The second-order valence-corrected chi connectivity index (χ2v) is 8.07. The van der Waals surface area contributed by atoms with Gasteiger partial charge in [-0.15, -0.1) is 18.3 Å². The number of oxime groups is 1. The van der Waals surface area contributed by atoms with Crippen molar-refractivity contribution in [1.82, 2.24) is 0 Å². The maximum absolute atomic E-state index is 12.3. The molecule has 0 heterocycles. The number of carbonyl (C=O) groups is 1. The van der Waals surface area contributed by atoms with Gasteiger partial charge in [-0.25, -0.2) is 5.48 Å². The summed E-state index contributed by atoms with van der Waals surface area (Å²) in [6.45, 7) is 1.57. The van der Waals surface area contributed by atoms with Gasteiger partial charge in [0.05, 0.1) is 11.4 Å². The molecule has 12 heteroatoms. The number of Topliss-reactive ketones (excluding diaryl/α,β-unsaturated/α-hetero) is 1. The smallest absolute Gasteiger partial charge is 0.506 e. The lowest BCUT2D eigenvalue weighted by Gasteiger charge is -2.10. The zero-order valence-corrected chi connectivity index (χ0v) is 20.3. The highest BCUT2D eigenvalue weighted by molar-refractivity contribution is 5.96. The Kier molecular flexibility index (Phi) is 8.24. The van der Waals surface area contributed by atoms with Crippen LogP contribution in [0.4, 0.5) is 30.2 Å². The Morgan fingerprint density at radius 3 is 2.54 bits per heavy atom. The Morgan fingerprint density at radius 2 is 1.79 bits per heavy atom. The first kappa shape index (κ1) is 26.9. The molecule has 0 bridgehead atoms. The molecule has 0 atom stereocenters. The first-order chi connectivity index (χ1) is 18.7. The molecule has 0 saturated heterocycles. The van der Waals surface area contributed by atoms with E-state index in [1.54, 1.807) is 42.5 Å². The summed E-state index contributed by atoms with van der Waals surface area (Å²) in [6, 6.07) is 20.3. The molecule has 4 aromatic rings. The number of nitrogens with one attached hydrogen (secondary N) is 1. The Balaban J connectivity index is 1.34. The van der Waals surface area contributed by atoms with Crippen molar-refractivity contribution in [1.29, 1.82) is 0 Å². The maximum atomic E-state index is 12.3. The number of carbonyl (C=O) groups excluding carboxylic acids is 1. The third-order valence-corrected chi connectivity index (χ3v) is 5.22. The molecule has 200 valence electrons. The number of phenolic OH excluding ortho intramolecular Hbond substituents is 1. The number of halogens is 3. The minimum Gasteiger partial charge on any atom is -0.506 e. The number of alkyl halides is 3. The van der Waals surface area contributed by atoms with E-state index in [1.807, 2.05) is 6.07 Å². The van der Waals surface area contributed by atoms with Gasteiger partial charge in [-0.3, -0.25) is 4.79 Å². The predicted molar refractivity (Wildman–Crippen MR) is 137 cm³/mol. The number of hydrogen-bond acceptors (Lipinski definition) is 9. The predicted octanol–water partition coefficient (Wildman–Crippen LogP) is 7.57. The van der Waals surface area contributed by atoms with Crippen LogP contribution in [0.3, 0.4) is 0 Å². The van der Waals surface area contributed by atoms with Crippen molar-refractivity contribution in [3.8, 4) is 11.5 Å². The van der Waals surface area contributed by atoms with Gasteiger partial charge in [0.1, 0.15) is 23.8 Å². The summed E-state index contributed by atoms with van der Waals surface area (Å²) in [5.74, 6) is -0.494. The summed E-state index contributed by atoms with van der Waals surface area (Å²) < 4.78 is 40.8. The lowest BCUT2D eigenvalue weighted by atomic mass is 10.1. The Hall–Kier alpha value is -5.13. The molecule has 9 nitrogen and oxygen atoms in total. The molecule has 4 aromatic carbocycles. The van der Waals surface area contributed by atoms with E-state index in [0.717, 1.165) is 29.5 Å². The van der Waals surface area contributed by atoms with Gasteiger partial charge in [-0.05, 0) is 66.4 Å². The molecule has 4 rings (SSSR count). The van der Waals surface area contributed by atoms with E-state index in [1.165, 1.54) is 25.1 Å². The van der Waals surface area contributed by atoms with Crippen molar-refractivity contribution in [2.75, 3.05) is 5.48 Å². The average Bonchev–Trinajstić information content (AvgIpc) is 2.89. The first-order valence-corrected chi connectivity index (χ1v) is 11.4. The summed E-state index contributed by atoms with van der Waals surface area (Å²) in [5, 5.41) is 23.8. The summed E-state index contributed by atoms with van der Waals surface area (Å²) in [5.41, 5.74) is 4.75. The Labute approximate surface area is 220 Å². The molecule has 0 saturated carbocycles. The van der Waals surface area contributed by atoms with E-state index in [2.05, 4.69) is 25.6 Å². The SMILES string of the molecule is CC(=O)c1ccc(N=Nc2c(O)ccc3cc(CON=CONc4cccc(OC(F)(F)F)c4)ccc23)cc1. The van der Waals surface area contributed by atoms with Crippen LogP contribution in [-0.4, -0.2) is 23.7 Å². The Bertz CT molecular complexity index is 1520. The standard InChI is InChI=1S/C27H21F3N4O5/c1-17(35)19-6-9-21(10-7-19)32-33-26-24-11-5-18(13-20(24)8-12-25(26)36)15-37-31-16-38-34-22-3-2-4-23(14-22)39-27(28,29)30/h2-14,16,34,36H,15H2,1H3. The van der Waals surface area contributed by atoms with Crippen molar-refractivity contribution in [2.45, 2.75) is 19.9 Å². The molecule has 0 amide bonds. The maximum Gasteiger partial charge on any atom is 0.573 e. The number of nitrogens with zero attached hydrogens (tertiary/aromatic N) is 3. The lowest BCUT2D eigenvalue weighted by Crippen LogP contribution is -2.17. The van der Waals surface area contributed by atoms with E-state index in [0.29, 0.717) is 16.6 Å². The summed E-state index contributed by atoms with van der Waals surface area (Å²) in [6.07, 6.45) is -3.86. The fourth-order valence-corrected chi connectivity index (χ4v) is 3.43. The number of fused-ring (bicyclic) bond motifs is 1. The summed E-state index contributed by atoms with van der Waals surface area (Å²) in [4.78, 5) is 21.6. The minimum atomic E-state index is -4.80. The molecule has 0 spiro atoms. The largest absolute Gasteiger partial charge is 0.573 e. The normalized spacial score (nSPS) is 11.7. The number of ketones is 1. The van der Waals surface area contributed by atoms with Crippen LogP contribution in [0, 0.1) is 0 Å². The van der Waals surface area contributed by atoms with Crippen LogP contribution in [0.5, 0.6) is 11.5 Å². The summed E-state index contributed by atoms with van der Waals surface area (Å²) in [7, 11) is 0. The van der Waals surface area contributed by atoms with Crippen LogP contribution in [0.15, 0.2) is 94.2 Å². The van der Waals surface area contributed by atoms with Crippen LogP contribution in [-0.2, 0) is 16.3 Å². The topological polar surface area (TPSA) is 114 Å². The van der Waals surface area contributed by atoms with E-state index < -0.39 is 12.1 Å². The van der Waals surface area contributed by atoms with Crippen molar-refractivity contribution in [3.05, 3.63) is 90.0 Å². The zero-order valence-electron chi connectivity index (χ0n) is 20.3. The van der Waals surface area contributed by atoms with Crippen LogP contribution in [0.1, 0.15) is 22.8 Å². The molecular formula is C27H21F3N4O5. The fourth-order valence-electron chi connectivity index (χ4n) is 3.43. The van der Waals surface area contributed by atoms with Crippen LogP contribution < -0.4 is 10.2 Å². The van der Waals surface area contributed by atoms with Gasteiger partial charge in [-0.1, -0.05) is 29.4 Å². The van der Waals surface area contributed by atoms with E-state index in [4.69, 9.17) is 9.68 Å². The van der Waals surface area contributed by atoms with Gasteiger partial charge >= 0.3 is 6.36 Å². The number of azo groups is 1. The minimum absolute atomic E-state index is 0.0413. The number of rotatable bonds is 10. The van der Waals surface area contributed by atoms with Crippen LogP contribution in [0.2, 0.25) is 0 Å². The van der Waals surface area contributed by atoms with E-state index >= 15 is 0 Å². The Morgan fingerprint density at radius 1 is 1.00 bits per heavy atom. The van der Waals surface area contributed by atoms with Crippen LogP contribution in [0.25, 0.3) is 10.8 Å². The molecule has 2 N–H and O–H groups in total. The number of ether oxygens (including phenoxy) is 1. The average molecular weight is 538 g/mol. The number of aromatic hydroxyl groups is 1. The second kappa shape index (κ2) is 11.9. The van der Waals surface area contributed by atoms with E-state index in [-0.39, 0.29) is 29.5 Å². The number of phenols is 1.